The van der Waals surface area contributed by atoms with Gasteiger partial charge < -0.3 is 14.8 Å². The molecule has 0 spiro atoms. The molecule has 4 nitrogen and oxygen atoms in total. The number of halogens is 2. The number of benzene rings is 1. The fraction of sp³-hybridized carbons (Fsp3) is 0.267. The van der Waals surface area contributed by atoms with Gasteiger partial charge in [-0.05, 0) is 47.1 Å². The Hall–Kier alpha value is -1.46. The second-order valence-corrected chi connectivity index (χ2v) is 5.48. The Kier molecular flexibility index (Phi) is 5.70. The van der Waals surface area contributed by atoms with Crippen LogP contribution in [0.1, 0.15) is 12.6 Å². The van der Waals surface area contributed by atoms with Crippen LogP contribution in [0.3, 0.4) is 0 Å². The van der Waals surface area contributed by atoms with Crippen molar-refractivity contribution < 1.29 is 9.47 Å². The quantitative estimate of drug-likeness (QED) is 0.811. The number of para-hydroxylation sites is 1. The van der Waals surface area contributed by atoms with Crippen LogP contribution >= 0.6 is 27.5 Å². The molecule has 0 saturated heterocycles. The van der Waals surface area contributed by atoms with Crippen molar-refractivity contribution in [2.24, 2.45) is 0 Å². The van der Waals surface area contributed by atoms with E-state index in [1.54, 1.807) is 7.11 Å². The highest BCUT2D eigenvalue weighted by molar-refractivity contribution is 9.10. The molecule has 112 valence electrons. The molecular formula is C15H16BrClN2O2. The second-order valence-electron chi connectivity index (χ2n) is 4.22. The summed E-state index contributed by atoms with van der Waals surface area (Å²) in [7, 11) is 1.60. The topological polar surface area (TPSA) is 43.4 Å². The lowest BCUT2D eigenvalue weighted by Gasteiger charge is -2.13. The van der Waals surface area contributed by atoms with Gasteiger partial charge >= 0.3 is 0 Å². The van der Waals surface area contributed by atoms with Gasteiger partial charge in [0.2, 0.25) is 0 Å². The third kappa shape index (κ3) is 4.02. The first-order valence-electron chi connectivity index (χ1n) is 6.50. The van der Waals surface area contributed by atoms with Crippen LogP contribution in [0.15, 0.2) is 34.8 Å². The van der Waals surface area contributed by atoms with Gasteiger partial charge in [-0.2, -0.15) is 0 Å². The van der Waals surface area contributed by atoms with E-state index in [0.717, 1.165) is 16.8 Å². The third-order valence-electron chi connectivity index (χ3n) is 2.78. The van der Waals surface area contributed by atoms with Crippen molar-refractivity contribution in [3.05, 3.63) is 45.5 Å². The highest BCUT2D eigenvalue weighted by Crippen LogP contribution is 2.35. The molecule has 0 bridgehead atoms. The molecule has 0 saturated carbocycles. The van der Waals surface area contributed by atoms with E-state index in [1.807, 2.05) is 37.3 Å². The molecule has 0 aliphatic heterocycles. The lowest BCUT2D eigenvalue weighted by molar-refractivity contribution is 0.279. The molecule has 6 heteroatoms. The zero-order chi connectivity index (χ0) is 15.2. The average Bonchev–Trinajstić information content (AvgIpc) is 2.48. The summed E-state index contributed by atoms with van der Waals surface area (Å²) in [5.41, 5.74) is 0.674. The Morgan fingerprint density at radius 3 is 2.81 bits per heavy atom. The third-order valence-corrected chi connectivity index (χ3v) is 3.75. The molecule has 0 amide bonds. The van der Waals surface area contributed by atoms with Gasteiger partial charge in [0.05, 0.1) is 22.3 Å². The van der Waals surface area contributed by atoms with E-state index in [4.69, 9.17) is 21.1 Å². The van der Waals surface area contributed by atoms with Crippen LogP contribution in [0.4, 0.5) is 5.82 Å². The Bertz CT molecular complexity index is 623. The zero-order valence-electron chi connectivity index (χ0n) is 11.8. The number of ether oxygens (including phenoxy) is 2. The Labute approximate surface area is 137 Å². The summed E-state index contributed by atoms with van der Waals surface area (Å²) in [6.07, 6.45) is 0. The molecule has 1 aromatic heterocycles. The summed E-state index contributed by atoms with van der Waals surface area (Å²) in [6, 6.07) is 9.26. The van der Waals surface area contributed by atoms with E-state index >= 15 is 0 Å². The predicted octanol–water partition coefficient (Wildman–Crippen LogP) is 4.52. The monoisotopic (exact) mass is 370 g/mol. The van der Waals surface area contributed by atoms with Crippen molar-refractivity contribution in [3.63, 3.8) is 0 Å². The van der Waals surface area contributed by atoms with Crippen molar-refractivity contribution in [1.82, 2.24) is 4.98 Å². The first-order chi connectivity index (χ1) is 10.2. The predicted molar refractivity (Wildman–Crippen MR) is 88.4 cm³/mol. The van der Waals surface area contributed by atoms with Gasteiger partial charge in [0.15, 0.2) is 11.5 Å². The van der Waals surface area contributed by atoms with Crippen LogP contribution in [0.2, 0.25) is 5.02 Å². The van der Waals surface area contributed by atoms with Crippen molar-refractivity contribution in [1.29, 1.82) is 0 Å². The van der Waals surface area contributed by atoms with Gasteiger partial charge in [0, 0.05) is 6.54 Å². The molecule has 1 N–H and O–H groups in total. The van der Waals surface area contributed by atoms with Gasteiger partial charge in [0.25, 0.3) is 0 Å². The minimum atomic E-state index is 0.261. The van der Waals surface area contributed by atoms with E-state index in [2.05, 4.69) is 26.2 Å². The van der Waals surface area contributed by atoms with Crippen LogP contribution in [0, 0.1) is 0 Å². The zero-order valence-corrected chi connectivity index (χ0v) is 14.2. The van der Waals surface area contributed by atoms with Crippen LogP contribution in [0.5, 0.6) is 11.5 Å². The summed E-state index contributed by atoms with van der Waals surface area (Å²) in [6.45, 7) is 3.07. The van der Waals surface area contributed by atoms with Gasteiger partial charge in [-0.3, -0.25) is 0 Å². The standard InChI is InChI=1S/C15H16BrClN2O2/c1-3-18-14-8-7-11(17)12(19-14)9-21-15-10(16)5-4-6-13(15)20-2/h4-8H,3,9H2,1-2H3,(H,18,19). The van der Waals surface area contributed by atoms with E-state index < -0.39 is 0 Å². The molecule has 0 aliphatic carbocycles. The normalized spacial score (nSPS) is 10.3. The molecule has 2 aromatic rings. The number of hydrogen-bond donors (Lipinski definition) is 1. The SMILES string of the molecule is CCNc1ccc(Cl)c(COc2c(Br)cccc2OC)n1. The Morgan fingerprint density at radius 2 is 2.10 bits per heavy atom. The maximum atomic E-state index is 6.16. The number of hydrogen-bond acceptors (Lipinski definition) is 4. The fourth-order valence-corrected chi connectivity index (χ4v) is 2.42. The first kappa shape index (κ1) is 15.9. The molecule has 21 heavy (non-hydrogen) atoms. The summed E-state index contributed by atoms with van der Waals surface area (Å²) in [5, 5.41) is 3.72. The number of nitrogens with one attached hydrogen (secondary N) is 1. The van der Waals surface area contributed by atoms with Gasteiger partial charge in [-0.25, -0.2) is 4.98 Å². The van der Waals surface area contributed by atoms with E-state index in [0.29, 0.717) is 22.2 Å². The number of aromatic nitrogens is 1. The molecule has 0 unspecified atom stereocenters. The molecule has 0 fully saturated rings. The number of methoxy groups -OCH3 is 1. The summed E-state index contributed by atoms with van der Waals surface area (Å²) >= 11 is 9.61. The van der Waals surface area contributed by atoms with E-state index in [1.165, 1.54) is 0 Å². The fourth-order valence-electron chi connectivity index (χ4n) is 1.80. The van der Waals surface area contributed by atoms with Crippen molar-refractivity contribution >= 4 is 33.3 Å². The van der Waals surface area contributed by atoms with Crippen molar-refractivity contribution in [2.75, 3.05) is 19.0 Å². The van der Waals surface area contributed by atoms with Gasteiger partial charge in [-0.15, -0.1) is 0 Å². The summed E-state index contributed by atoms with van der Waals surface area (Å²) < 4.78 is 11.9. The minimum Gasteiger partial charge on any atom is -0.493 e. The highest BCUT2D eigenvalue weighted by atomic mass is 79.9. The van der Waals surface area contributed by atoms with Crippen molar-refractivity contribution in [3.8, 4) is 11.5 Å². The molecule has 1 heterocycles. The van der Waals surface area contributed by atoms with Crippen LogP contribution in [-0.4, -0.2) is 18.6 Å². The van der Waals surface area contributed by atoms with Gasteiger partial charge in [0.1, 0.15) is 12.4 Å². The summed E-state index contributed by atoms with van der Waals surface area (Å²) in [4.78, 5) is 4.44. The largest absolute Gasteiger partial charge is 0.493 e. The number of pyridine rings is 1. The van der Waals surface area contributed by atoms with Crippen LogP contribution in [0.25, 0.3) is 0 Å². The minimum absolute atomic E-state index is 0.261. The van der Waals surface area contributed by atoms with Crippen LogP contribution < -0.4 is 14.8 Å². The van der Waals surface area contributed by atoms with Gasteiger partial charge in [-0.1, -0.05) is 17.7 Å². The average molecular weight is 372 g/mol. The first-order valence-corrected chi connectivity index (χ1v) is 7.67. The second kappa shape index (κ2) is 7.52. The molecule has 0 radical (unpaired) electrons. The lowest BCUT2D eigenvalue weighted by Crippen LogP contribution is -2.05. The van der Waals surface area contributed by atoms with Crippen LogP contribution in [-0.2, 0) is 6.61 Å². The number of anilines is 1. The van der Waals surface area contributed by atoms with E-state index in [-0.39, 0.29) is 6.61 Å². The molecule has 1 aromatic carbocycles. The summed E-state index contributed by atoms with van der Waals surface area (Å²) in [5.74, 6) is 2.06. The molecule has 0 aliphatic rings. The Morgan fingerprint density at radius 1 is 1.29 bits per heavy atom. The smallest absolute Gasteiger partial charge is 0.175 e. The molecule has 2 rings (SSSR count). The highest BCUT2D eigenvalue weighted by Gasteiger charge is 2.11. The lowest BCUT2D eigenvalue weighted by atomic mass is 10.3. The maximum absolute atomic E-state index is 6.16. The molecule has 0 atom stereocenters. The number of rotatable bonds is 6. The molecular weight excluding hydrogens is 356 g/mol. The maximum Gasteiger partial charge on any atom is 0.175 e. The Balaban J connectivity index is 2.18. The van der Waals surface area contributed by atoms with E-state index in [9.17, 15) is 0 Å². The van der Waals surface area contributed by atoms with Crippen molar-refractivity contribution in [2.45, 2.75) is 13.5 Å². The number of nitrogens with zero attached hydrogens (tertiary/aromatic N) is 1.